The van der Waals surface area contributed by atoms with Crippen molar-refractivity contribution in [1.29, 1.82) is 0 Å². The molecule has 94 valence electrons. The molecular formula is C11H21NO4. The molecule has 0 bridgehead atoms. The zero-order valence-corrected chi connectivity index (χ0v) is 10.2. The van der Waals surface area contributed by atoms with E-state index in [1.165, 1.54) is 7.11 Å². The molecule has 5 nitrogen and oxygen atoms in total. The van der Waals surface area contributed by atoms with Gasteiger partial charge < -0.3 is 15.2 Å². The van der Waals surface area contributed by atoms with Gasteiger partial charge in [0, 0.05) is 12.5 Å². The molecule has 0 amide bonds. The maximum atomic E-state index is 10.9. The molecule has 2 atom stereocenters. The van der Waals surface area contributed by atoms with Crippen molar-refractivity contribution in [3.8, 4) is 0 Å². The molecule has 2 N–H and O–H groups in total. The van der Waals surface area contributed by atoms with Crippen LogP contribution in [-0.2, 0) is 14.3 Å². The molecule has 0 radical (unpaired) electrons. The number of carboxylic acids is 1. The first-order valence-electron chi connectivity index (χ1n) is 5.56. The minimum atomic E-state index is -0.924. The summed E-state index contributed by atoms with van der Waals surface area (Å²) < 4.78 is 4.47. The molecule has 0 aromatic rings. The van der Waals surface area contributed by atoms with Crippen LogP contribution >= 0.6 is 0 Å². The van der Waals surface area contributed by atoms with E-state index in [2.05, 4.69) is 10.1 Å². The summed E-state index contributed by atoms with van der Waals surface area (Å²) in [6.07, 6.45) is 2.30. The van der Waals surface area contributed by atoms with E-state index in [1.807, 2.05) is 13.8 Å². The van der Waals surface area contributed by atoms with E-state index in [0.717, 1.165) is 12.8 Å². The molecule has 0 heterocycles. The highest BCUT2D eigenvalue weighted by atomic mass is 16.5. The number of esters is 1. The molecule has 2 unspecified atom stereocenters. The van der Waals surface area contributed by atoms with Gasteiger partial charge >= 0.3 is 11.9 Å². The van der Waals surface area contributed by atoms with Gasteiger partial charge in [-0.1, -0.05) is 13.3 Å². The van der Waals surface area contributed by atoms with Gasteiger partial charge in [-0.3, -0.25) is 9.59 Å². The lowest BCUT2D eigenvalue weighted by Gasteiger charge is -2.19. The van der Waals surface area contributed by atoms with Crippen molar-refractivity contribution in [3.63, 3.8) is 0 Å². The Morgan fingerprint density at radius 2 is 2.00 bits per heavy atom. The molecule has 0 aromatic carbocycles. The first kappa shape index (κ1) is 14.9. The highest BCUT2D eigenvalue weighted by Gasteiger charge is 2.20. The minimum Gasteiger partial charge on any atom is -0.480 e. The standard InChI is InChI=1S/C11H21NO4/c1-4-5-8(2)12-9(11(14)15)6-7-10(13)16-3/h8-9,12H,4-7H2,1-3H3,(H,14,15). The van der Waals surface area contributed by atoms with Gasteiger partial charge in [0.1, 0.15) is 6.04 Å². The SMILES string of the molecule is CCCC(C)NC(CCC(=O)OC)C(=O)O. The zero-order valence-electron chi connectivity index (χ0n) is 10.2. The quantitative estimate of drug-likeness (QED) is 0.613. The van der Waals surface area contributed by atoms with Crippen LogP contribution in [0, 0.1) is 0 Å². The summed E-state index contributed by atoms with van der Waals surface area (Å²) in [5.41, 5.74) is 0. The Kier molecular flexibility index (Phi) is 7.54. The number of nitrogens with one attached hydrogen (secondary N) is 1. The lowest BCUT2D eigenvalue weighted by atomic mass is 10.1. The largest absolute Gasteiger partial charge is 0.480 e. The van der Waals surface area contributed by atoms with Crippen LogP contribution in [-0.4, -0.2) is 36.2 Å². The molecule has 16 heavy (non-hydrogen) atoms. The van der Waals surface area contributed by atoms with Crippen molar-refractivity contribution in [2.75, 3.05) is 7.11 Å². The number of carboxylic acid groups (broad SMARTS) is 1. The van der Waals surface area contributed by atoms with E-state index in [9.17, 15) is 9.59 Å². The second-order valence-electron chi connectivity index (χ2n) is 3.86. The Morgan fingerprint density at radius 3 is 2.44 bits per heavy atom. The van der Waals surface area contributed by atoms with E-state index in [-0.39, 0.29) is 24.9 Å². The van der Waals surface area contributed by atoms with Crippen LogP contribution in [0.5, 0.6) is 0 Å². The van der Waals surface area contributed by atoms with Crippen molar-refractivity contribution in [2.45, 2.75) is 51.6 Å². The van der Waals surface area contributed by atoms with Crippen molar-refractivity contribution in [3.05, 3.63) is 0 Å². The summed E-state index contributed by atoms with van der Waals surface area (Å²) in [5.74, 6) is -1.30. The number of methoxy groups -OCH3 is 1. The molecule has 0 saturated carbocycles. The van der Waals surface area contributed by atoms with Crippen molar-refractivity contribution in [1.82, 2.24) is 5.32 Å². The highest BCUT2D eigenvalue weighted by molar-refractivity contribution is 5.75. The Labute approximate surface area is 96.2 Å². The average Bonchev–Trinajstić information content (AvgIpc) is 2.23. The number of hydrogen-bond acceptors (Lipinski definition) is 4. The molecule has 0 aliphatic heterocycles. The molecule has 0 spiro atoms. The van der Waals surface area contributed by atoms with Crippen molar-refractivity contribution in [2.24, 2.45) is 0 Å². The van der Waals surface area contributed by atoms with E-state index in [0.29, 0.717) is 0 Å². The van der Waals surface area contributed by atoms with Crippen LogP contribution in [0.4, 0.5) is 0 Å². The maximum absolute atomic E-state index is 10.9. The predicted octanol–water partition coefficient (Wildman–Crippen LogP) is 1.17. The Morgan fingerprint density at radius 1 is 1.38 bits per heavy atom. The fourth-order valence-electron chi connectivity index (χ4n) is 1.50. The van der Waals surface area contributed by atoms with E-state index in [4.69, 9.17) is 5.11 Å². The third-order valence-corrected chi connectivity index (χ3v) is 2.37. The van der Waals surface area contributed by atoms with Crippen LogP contribution < -0.4 is 5.32 Å². The fraction of sp³-hybridized carbons (Fsp3) is 0.818. The summed E-state index contributed by atoms with van der Waals surface area (Å²) in [6, 6.07) is -0.538. The maximum Gasteiger partial charge on any atom is 0.320 e. The van der Waals surface area contributed by atoms with Gasteiger partial charge in [-0.25, -0.2) is 0 Å². The summed E-state index contributed by atoms with van der Waals surface area (Å²) in [7, 11) is 1.30. The molecule has 0 aliphatic rings. The number of carbonyl (C=O) groups excluding carboxylic acids is 1. The first-order valence-corrected chi connectivity index (χ1v) is 5.56. The van der Waals surface area contributed by atoms with E-state index >= 15 is 0 Å². The third-order valence-electron chi connectivity index (χ3n) is 2.37. The summed E-state index contributed by atoms with van der Waals surface area (Å²) in [5, 5.41) is 12.0. The number of rotatable bonds is 8. The van der Waals surface area contributed by atoms with Crippen LogP contribution in [0.25, 0.3) is 0 Å². The number of aliphatic carboxylic acids is 1. The molecule has 5 heteroatoms. The van der Waals surface area contributed by atoms with Crippen LogP contribution in [0.1, 0.15) is 39.5 Å². The van der Waals surface area contributed by atoms with Crippen LogP contribution in [0.3, 0.4) is 0 Å². The molecular weight excluding hydrogens is 210 g/mol. The fourth-order valence-corrected chi connectivity index (χ4v) is 1.50. The monoisotopic (exact) mass is 231 g/mol. The number of ether oxygens (including phenoxy) is 1. The normalized spacial score (nSPS) is 14.2. The number of hydrogen-bond donors (Lipinski definition) is 2. The molecule has 0 rings (SSSR count). The van der Waals surface area contributed by atoms with Crippen LogP contribution in [0.2, 0.25) is 0 Å². The van der Waals surface area contributed by atoms with Gasteiger partial charge in [-0.05, 0) is 19.8 Å². The molecule has 0 aliphatic carbocycles. The van der Waals surface area contributed by atoms with Gasteiger partial charge in [0.25, 0.3) is 0 Å². The van der Waals surface area contributed by atoms with E-state index < -0.39 is 12.0 Å². The van der Waals surface area contributed by atoms with E-state index in [1.54, 1.807) is 0 Å². The highest BCUT2D eigenvalue weighted by Crippen LogP contribution is 2.03. The number of carbonyl (C=O) groups is 2. The summed E-state index contributed by atoms with van der Waals surface area (Å²) >= 11 is 0. The Bertz CT molecular complexity index is 230. The first-order chi connectivity index (χ1) is 7.51. The Hall–Kier alpha value is -1.10. The minimum absolute atomic E-state index is 0.124. The predicted molar refractivity (Wildman–Crippen MR) is 60.2 cm³/mol. The lowest BCUT2D eigenvalue weighted by molar-refractivity contribution is -0.142. The molecule has 0 saturated heterocycles. The topological polar surface area (TPSA) is 75.6 Å². The van der Waals surface area contributed by atoms with Crippen molar-refractivity contribution < 1.29 is 19.4 Å². The second-order valence-corrected chi connectivity index (χ2v) is 3.86. The summed E-state index contributed by atoms with van der Waals surface area (Å²) in [4.78, 5) is 21.8. The lowest BCUT2D eigenvalue weighted by Crippen LogP contribution is -2.42. The molecule has 0 fully saturated rings. The molecule has 0 aromatic heterocycles. The Balaban J connectivity index is 4.07. The van der Waals surface area contributed by atoms with Gasteiger partial charge in [0.15, 0.2) is 0 Å². The van der Waals surface area contributed by atoms with Gasteiger partial charge in [0.2, 0.25) is 0 Å². The smallest absolute Gasteiger partial charge is 0.320 e. The third kappa shape index (κ3) is 6.40. The van der Waals surface area contributed by atoms with Gasteiger partial charge in [-0.2, -0.15) is 0 Å². The van der Waals surface area contributed by atoms with Crippen molar-refractivity contribution >= 4 is 11.9 Å². The average molecular weight is 231 g/mol. The van der Waals surface area contributed by atoms with Gasteiger partial charge in [0.05, 0.1) is 7.11 Å². The summed E-state index contributed by atoms with van der Waals surface area (Å²) in [6.45, 7) is 3.99. The zero-order chi connectivity index (χ0) is 12.6. The second kappa shape index (κ2) is 8.10. The van der Waals surface area contributed by atoms with Gasteiger partial charge in [-0.15, -0.1) is 0 Å². The van der Waals surface area contributed by atoms with Crippen LogP contribution in [0.15, 0.2) is 0 Å².